The largest absolute Gasteiger partial charge is 0.443 e. The molecule has 1 amide bonds. The average Bonchev–Trinajstić information content (AvgIpc) is 2.59. The predicted molar refractivity (Wildman–Crippen MR) is 107 cm³/mol. The Morgan fingerprint density at radius 2 is 2.00 bits per heavy atom. The molecule has 1 heterocycles. The van der Waals surface area contributed by atoms with E-state index < -0.39 is 28.5 Å². The fourth-order valence-corrected chi connectivity index (χ4v) is 4.03. The molecule has 0 fully saturated rings. The highest BCUT2D eigenvalue weighted by Crippen LogP contribution is 2.45. The van der Waals surface area contributed by atoms with Crippen LogP contribution in [0.25, 0.3) is 0 Å². The van der Waals surface area contributed by atoms with Crippen molar-refractivity contribution < 1.29 is 18.8 Å². The molecule has 148 valence electrons. The number of halogens is 2. The van der Waals surface area contributed by atoms with Gasteiger partial charge in [0.15, 0.2) is 0 Å². The normalized spacial score (nSPS) is 16.5. The smallest absolute Gasteiger partial charge is 0.415 e. The Bertz CT molecular complexity index is 942. The first-order chi connectivity index (χ1) is 13.1. The fourth-order valence-electron chi connectivity index (χ4n) is 3.35. The first kappa shape index (κ1) is 20.3. The standard InChI is InChI=1S/C20H20BrFN2O4/c1-20(2,3)28-19(25)23-17(14-6-4-5-7-16(14)22)9-8-12-10-13(24(26)27)11-15(21)18(12)23/h4-7,10-11,17H,8-9H2,1-3H3. The number of hydrogen-bond donors (Lipinski definition) is 0. The molecule has 6 nitrogen and oxygen atoms in total. The minimum Gasteiger partial charge on any atom is -0.443 e. The van der Waals surface area contributed by atoms with Crippen LogP contribution in [0.4, 0.5) is 20.6 Å². The molecule has 3 rings (SSSR count). The van der Waals surface area contributed by atoms with Gasteiger partial charge in [0.05, 0.1) is 16.7 Å². The topological polar surface area (TPSA) is 72.7 Å². The summed E-state index contributed by atoms with van der Waals surface area (Å²) in [5.41, 5.74) is 0.670. The molecule has 1 aliphatic heterocycles. The molecule has 0 aromatic heterocycles. The van der Waals surface area contributed by atoms with Crippen LogP contribution < -0.4 is 4.90 Å². The van der Waals surface area contributed by atoms with Gasteiger partial charge in [-0.05, 0) is 61.2 Å². The average molecular weight is 451 g/mol. The molecule has 0 N–H and O–H groups in total. The van der Waals surface area contributed by atoms with Crippen LogP contribution in [-0.4, -0.2) is 16.6 Å². The third-order valence-electron chi connectivity index (χ3n) is 4.43. The molecule has 2 aromatic rings. The van der Waals surface area contributed by atoms with E-state index in [1.165, 1.54) is 23.1 Å². The van der Waals surface area contributed by atoms with Gasteiger partial charge in [-0.3, -0.25) is 15.0 Å². The van der Waals surface area contributed by atoms with E-state index in [0.29, 0.717) is 34.1 Å². The number of nitro groups is 1. The maximum atomic E-state index is 14.5. The number of non-ortho nitro benzene ring substituents is 1. The quantitative estimate of drug-likeness (QED) is 0.420. The van der Waals surface area contributed by atoms with Gasteiger partial charge in [-0.2, -0.15) is 0 Å². The minimum atomic E-state index is -0.748. The van der Waals surface area contributed by atoms with Gasteiger partial charge in [-0.15, -0.1) is 0 Å². The van der Waals surface area contributed by atoms with E-state index >= 15 is 0 Å². The number of aryl methyl sites for hydroxylation is 1. The van der Waals surface area contributed by atoms with Crippen LogP contribution in [0.1, 0.15) is 44.4 Å². The van der Waals surface area contributed by atoms with Crippen LogP contribution in [0.3, 0.4) is 0 Å². The van der Waals surface area contributed by atoms with E-state index in [1.54, 1.807) is 39.0 Å². The van der Waals surface area contributed by atoms with E-state index in [1.807, 2.05) is 0 Å². The summed E-state index contributed by atoms with van der Waals surface area (Å²) in [6, 6.07) is 8.51. The number of nitro benzene ring substituents is 1. The molecule has 0 saturated carbocycles. The maximum Gasteiger partial charge on any atom is 0.415 e. The van der Waals surface area contributed by atoms with Crippen molar-refractivity contribution in [2.45, 2.75) is 45.3 Å². The monoisotopic (exact) mass is 450 g/mol. The van der Waals surface area contributed by atoms with Crippen LogP contribution in [0, 0.1) is 15.9 Å². The summed E-state index contributed by atoms with van der Waals surface area (Å²) < 4.78 is 20.5. The number of ether oxygens (including phenoxy) is 1. The first-order valence-corrected chi connectivity index (χ1v) is 9.61. The molecular formula is C20H20BrFN2O4. The molecular weight excluding hydrogens is 431 g/mol. The molecule has 8 heteroatoms. The molecule has 1 atom stereocenters. The van der Waals surface area contributed by atoms with Crippen molar-refractivity contribution >= 4 is 33.4 Å². The molecule has 0 spiro atoms. The van der Waals surface area contributed by atoms with Crippen LogP contribution >= 0.6 is 15.9 Å². The van der Waals surface area contributed by atoms with Crippen LogP contribution in [0.15, 0.2) is 40.9 Å². The Labute approximate surface area is 170 Å². The van der Waals surface area contributed by atoms with Crippen LogP contribution in [0.2, 0.25) is 0 Å². The zero-order valence-electron chi connectivity index (χ0n) is 15.7. The summed E-state index contributed by atoms with van der Waals surface area (Å²) in [7, 11) is 0. The third-order valence-corrected chi connectivity index (χ3v) is 5.04. The number of nitrogens with zero attached hydrogens (tertiary/aromatic N) is 2. The van der Waals surface area contributed by atoms with Gasteiger partial charge in [0.25, 0.3) is 5.69 Å². The van der Waals surface area contributed by atoms with Crippen molar-refractivity contribution in [3.8, 4) is 0 Å². The summed E-state index contributed by atoms with van der Waals surface area (Å²) in [6.07, 6.45) is 0.255. The number of rotatable bonds is 2. The third kappa shape index (κ3) is 4.01. The van der Waals surface area contributed by atoms with Crippen molar-refractivity contribution in [2.75, 3.05) is 4.90 Å². The number of carbonyl (C=O) groups excluding carboxylic acids is 1. The second kappa shape index (κ2) is 7.50. The summed E-state index contributed by atoms with van der Waals surface area (Å²) in [4.78, 5) is 25.2. The van der Waals surface area contributed by atoms with Gasteiger partial charge in [-0.25, -0.2) is 9.18 Å². The summed E-state index contributed by atoms with van der Waals surface area (Å²) >= 11 is 3.36. The van der Waals surface area contributed by atoms with Crippen LogP contribution in [0.5, 0.6) is 0 Å². The Kier molecular flexibility index (Phi) is 5.43. The number of anilines is 1. The molecule has 2 aromatic carbocycles. The van der Waals surface area contributed by atoms with Gasteiger partial charge in [-0.1, -0.05) is 18.2 Å². The van der Waals surface area contributed by atoms with Crippen molar-refractivity contribution in [1.82, 2.24) is 0 Å². The number of fused-ring (bicyclic) bond motifs is 1. The zero-order chi connectivity index (χ0) is 20.6. The van der Waals surface area contributed by atoms with E-state index in [9.17, 15) is 19.3 Å². The lowest BCUT2D eigenvalue weighted by Gasteiger charge is -2.38. The highest BCUT2D eigenvalue weighted by Gasteiger charge is 2.38. The molecule has 0 radical (unpaired) electrons. The lowest BCUT2D eigenvalue weighted by atomic mass is 9.91. The van der Waals surface area contributed by atoms with Gasteiger partial charge in [0.1, 0.15) is 11.4 Å². The summed E-state index contributed by atoms with van der Waals surface area (Å²) in [5, 5.41) is 11.2. The highest BCUT2D eigenvalue weighted by molar-refractivity contribution is 9.10. The maximum absolute atomic E-state index is 14.5. The van der Waals surface area contributed by atoms with Crippen molar-refractivity contribution in [3.63, 3.8) is 0 Å². The van der Waals surface area contributed by atoms with Crippen LogP contribution in [-0.2, 0) is 11.2 Å². The zero-order valence-corrected chi connectivity index (χ0v) is 17.3. The number of hydrogen-bond acceptors (Lipinski definition) is 4. The Morgan fingerprint density at radius 3 is 2.61 bits per heavy atom. The second-order valence-corrected chi connectivity index (χ2v) is 8.47. The molecule has 0 saturated heterocycles. The van der Waals surface area contributed by atoms with Gasteiger partial charge < -0.3 is 4.74 Å². The van der Waals surface area contributed by atoms with Crippen molar-refractivity contribution in [1.29, 1.82) is 0 Å². The molecule has 0 bridgehead atoms. The van der Waals surface area contributed by atoms with Gasteiger partial charge in [0.2, 0.25) is 0 Å². The number of carbonyl (C=O) groups is 1. The van der Waals surface area contributed by atoms with E-state index in [2.05, 4.69) is 15.9 Å². The molecule has 1 unspecified atom stereocenters. The highest BCUT2D eigenvalue weighted by atomic mass is 79.9. The summed E-state index contributed by atoms with van der Waals surface area (Å²) in [6.45, 7) is 5.25. The SMILES string of the molecule is CC(C)(C)OC(=O)N1c2c(Br)cc([N+](=O)[O-])cc2CCC1c1ccccc1F. The fraction of sp³-hybridized carbons (Fsp3) is 0.350. The molecule has 28 heavy (non-hydrogen) atoms. The Hall–Kier alpha value is -2.48. The van der Waals surface area contributed by atoms with Gasteiger partial charge in [0, 0.05) is 22.2 Å². The number of benzene rings is 2. The first-order valence-electron chi connectivity index (χ1n) is 8.82. The van der Waals surface area contributed by atoms with E-state index in [4.69, 9.17) is 4.74 Å². The van der Waals surface area contributed by atoms with E-state index in [0.717, 1.165) is 0 Å². The van der Waals surface area contributed by atoms with Crippen molar-refractivity contribution in [3.05, 3.63) is 67.9 Å². The minimum absolute atomic E-state index is 0.0703. The van der Waals surface area contributed by atoms with Gasteiger partial charge >= 0.3 is 6.09 Å². The van der Waals surface area contributed by atoms with Crippen molar-refractivity contribution in [2.24, 2.45) is 0 Å². The Balaban J connectivity index is 2.16. The lowest BCUT2D eigenvalue weighted by Crippen LogP contribution is -2.42. The van der Waals surface area contributed by atoms with E-state index in [-0.39, 0.29) is 5.69 Å². The Morgan fingerprint density at radius 1 is 1.32 bits per heavy atom. The second-order valence-electron chi connectivity index (χ2n) is 7.62. The molecule has 0 aliphatic carbocycles. The molecule has 1 aliphatic rings. The predicted octanol–water partition coefficient (Wildman–Crippen LogP) is 5.93. The number of amides is 1. The summed E-state index contributed by atoms with van der Waals surface area (Å²) in [5.74, 6) is -0.414. The lowest BCUT2D eigenvalue weighted by molar-refractivity contribution is -0.385.